The molecule has 0 fully saturated rings. The molecule has 0 unspecified atom stereocenters. The van der Waals surface area contributed by atoms with Crippen molar-refractivity contribution in [2.75, 3.05) is 5.32 Å². The van der Waals surface area contributed by atoms with E-state index in [1.54, 1.807) is 31.2 Å². The van der Waals surface area contributed by atoms with Gasteiger partial charge in [0.25, 0.3) is 5.22 Å². The summed E-state index contributed by atoms with van der Waals surface area (Å²) in [5.74, 6) is 0.250. The van der Waals surface area contributed by atoms with Crippen LogP contribution < -0.4 is 5.32 Å². The van der Waals surface area contributed by atoms with Crippen molar-refractivity contribution in [3.63, 3.8) is 0 Å². The molecule has 1 aromatic heterocycles. The van der Waals surface area contributed by atoms with Crippen LogP contribution in [0, 0.1) is 25.2 Å². The summed E-state index contributed by atoms with van der Waals surface area (Å²) in [5.41, 5.74) is 4.27. The molecular formula is C20H18N4O2S. The Balaban J connectivity index is 1.65. The van der Waals surface area contributed by atoms with Crippen LogP contribution in [0.1, 0.15) is 23.6 Å². The standard InChI is InChI=1S/C20H18N4O2S/c1-12-8-13(2)10-16(9-12)19-23-24-20(26-19)27-14(3)18(25)22-17-6-4-15(11-21)5-7-17/h4-10,14H,1-3H3,(H,22,25)/t14-/m0/s1. The van der Waals surface area contributed by atoms with Gasteiger partial charge in [0, 0.05) is 11.3 Å². The predicted molar refractivity (Wildman–Crippen MR) is 104 cm³/mol. The van der Waals surface area contributed by atoms with Crippen molar-refractivity contribution >= 4 is 23.4 Å². The Kier molecular flexibility index (Phi) is 5.57. The maximum atomic E-state index is 12.4. The highest BCUT2D eigenvalue weighted by Crippen LogP contribution is 2.27. The van der Waals surface area contributed by atoms with Crippen molar-refractivity contribution < 1.29 is 9.21 Å². The third-order valence-electron chi connectivity index (χ3n) is 3.80. The van der Waals surface area contributed by atoms with Crippen LogP contribution in [0.25, 0.3) is 11.5 Å². The summed E-state index contributed by atoms with van der Waals surface area (Å²) in [5, 5.41) is 19.7. The third kappa shape index (κ3) is 4.74. The maximum Gasteiger partial charge on any atom is 0.277 e. The lowest BCUT2D eigenvalue weighted by molar-refractivity contribution is -0.115. The summed E-state index contributed by atoms with van der Waals surface area (Å²) in [6, 6.07) is 14.8. The van der Waals surface area contributed by atoms with E-state index in [0.717, 1.165) is 16.7 Å². The number of nitriles is 1. The van der Waals surface area contributed by atoms with Gasteiger partial charge in [0.2, 0.25) is 11.8 Å². The Bertz CT molecular complexity index is 985. The van der Waals surface area contributed by atoms with Gasteiger partial charge in [-0.2, -0.15) is 5.26 Å². The number of carbonyl (C=O) groups excluding carboxylic acids is 1. The first-order chi connectivity index (χ1) is 12.9. The number of hydrogen-bond donors (Lipinski definition) is 1. The lowest BCUT2D eigenvalue weighted by atomic mass is 10.1. The maximum absolute atomic E-state index is 12.4. The van der Waals surface area contributed by atoms with Crippen molar-refractivity contribution in [1.82, 2.24) is 10.2 Å². The normalized spacial score (nSPS) is 11.6. The molecule has 1 amide bonds. The van der Waals surface area contributed by atoms with Gasteiger partial charge in [0.1, 0.15) is 0 Å². The number of thioether (sulfide) groups is 1. The van der Waals surface area contributed by atoms with Crippen LogP contribution in [0.15, 0.2) is 52.1 Å². The van der Waals surface area contributed by atoms with E-state index in [-0.39, 0.29) is 5.91 Å². The Morgan fingerprint density at radius 3 is 2.44 bits per heavy atom. The van der Waals surface area contributed by atoms with Gasteiger partial charge in [-0.1, -0.05) is 29.0 Å². The molecule has 0 bridgehead atoms. The molecule has 0 saturated carbocycles. The lowest BCUT2D eigenvalue weighted by Gasteiger charge is -2.09. The van der Waals surface area contributed by atoms with E-state index in [0.29, 0.717) is 22.4 Å². The van der Waals surface area contributed by atoms with Crippen molar-refractivity contribution in [3.8, 4) is 17.5 Å². The van der Waals surface area contributed by atoms with E-state index in [1.807, 2.05) is 32.0 Å². The first-order valence-electron chi connectivity index (χ1n) is 8.34. The van der Waals surface area contributed by atoms with E-state index in [9.17, 15) is 4.79 Å². The fourth-order valence-electron chi connectivity index (χ4n) is 2.55. The third-order valence-corrected chi connectivity index (χ3v) is 4.74. The monoisotopic (exact) mass is 378 g/mol. The molecule has 1 heterocycles. The molecule has 0 saturated heterocycles. The number of carbonyl (C=O) groups is 1. The van der Waals surface area contributed by atoms with Crippen molar-refractivity contribution in [2.45, 2.75) is 31.2 Å². The number of benzene rings is 2. The molecule has 7 heteroatoms. The van der Waals surface area contributed by atoms with Crippen LogP contribution in [0.4, 0.5) is 5.69 Å². The van der Waals surface area contributed by atoms with Gasteiger partial charge in [-0.15, -0.1) is 10.2 Å². The molecule has 1 atom stereocenters. The summed E-state index contributed by atoms with van der Waals surface area (Å²) < 4.78 is 5.71. The second kappa shape index (κ2) is 8.06. The number of amides is 1. The van der Waals surface area contributed by atoms with Crippen molar-refractivity contribution in [3.05, 3.63) is 59.2 Å². The molecule has 0 aliphatic heterocycles. The van der Waals surface area contributed by atoms with E-state index >= 15 is 0 Å². The van der Waals surface area contributed by atoms with Crippen LogP contribution in [0.2, 0.25) is 0 Å². The van der Waals surface area contributed by atoms with Crippen molar-refractivity contribution in [2.24, 2.45) is 0 Å². The molecule has 1 N–H and O–H groups in total. The Morgan fingerprint density at radius 1 is 1.15 bits per heavy atom. The molecule has 0 spiro atoms. The van der Waals surface area contributed by atoms with Crippen LogP contribution >= 0.6 is 11.8 Å². The summed E-state index contributed by atoms with van der Waals surface area (Å²) in [7, 11) is 0. The fourth-order valence-corrected chi connectivity index (χ4v) is 3.23. The zero-order valence-electron chi connectivity index (χ0n) is 15.2. The van der Waals surface area contributed by atoms with Gasteiger partial charge in [-0.25, -0.2) is 0 Å². The predicted octanol–water partition coefficient (Wildman–Crippen LogP) is 4.34. The number of hydrogen-bond acceptors (Lipinski definition) is 6. The molecule has 3 rings (SSSR count). The first-order valence-corrected chi connectivity index (χ1v) is 9.22. The number of aromatic nitrogens is 2. The van der Waals surface area contributed by atoms with Crippen LogP contribution in [0.5, 0.6) is 0 Å². The minimum atomic E-state index is -0.423. The summed E-state index contributed by atoms with van der Waals surface area (Å²) in [6.07, 6.45) is 0. The smallest absolute Gasteiger partial charge is 0.277 e. The molecule has 0 aliphatic carbocycles. The van der Waals surface area contributed by atoms with Gasteiger partial charge in [-0.05, 0) is 57.2 Å². The molecule has 3 aromatic rings. The molecule has 136 valence electrons. The number of anilines is 1. The van der Waals surface area contributed by atoms with Crippen molar-refractivity contribution in [1.29, 1.82) is 5.26 Å². The zero-order chi connectivity index (χ0) is 19.4. The average Bonchev–Trinajstić information content (AvgIpc) is 3.10. The summed E-state index contributed by atoms with van der Waals surface area (Å²) in [6.45, 7) is 5.79. The minimum absolute atomic E-state index is 0.184. The average molecular weight is 378 g/mol. The number of aryl methyl sites for hydroxylation is 2. The topological polar surface area (TPSA) is 91.8 Å². The molecular weight excluding hydrogens is 360 g/mol. The fraction of sp³-hybridized carbons (Fsp3) is 0.200. The molecule has 6 nitrogen and oxygen atoms in total. The molecule has 0 aliphatic rings. The van der Waals surface area contributed by atoms with Crippen LogP contribution in [-0.4, -0.2) is 21.4 Å². The highest BCUT2D eigenvalue weighted by atomic mass is 32.2. The van der Waals surface area contributed by atoms with Crippen LogP contribution in [0.3, 0.4) is 0 Å². The Labute approximate surface area is 161 Å². The number of rotatable bonds is 5. The van der Waals surface area contributed by atoms with Gasteiger partial charge in [0.05, 0.1) is 16.9 Å². The lowest BCUT2D eigenvalue weighted by Crippen LogP contribution is -2.22. The minimum Gasteiger partial charge on any atom is -0.411 e. The van der Waals surface area contributed by atoms with Gasteiger partial charge in [0.15, 0.2) is 0 Å². The van der Waals surface area contributed by atoms with Gasteiger partial charge >= 0.3 is 0 Å². The number of nitrogens with one attached hydrogen (secondary N) is 1. The second-order valence-corrected chi connectivity index (χ2v) is 7.48. The summed E-state index contributed by atoms with van der Waals surface area (Å²) >= 11 is 1.20. The highest BCUT2D eigenvalue weighted by Gasteiger charge is 2.19. The summed E-state index contributed by atoms with van der Waals surface area (Å²) in [4.78, 5) is 12.4. The van der Waals surface area contributed by atoms with Gasteiger partial charge in [-0.3, -0.25) is 4.79 Å². The quantitative estimate of drug-likeness (QED) is 0.664. The number of nitrogens with zero attached hydrogens (tertiary/aromatic N) is 3. The second-order valence-electron chi connectivity index (χ2n) is 6.19. The first kappa shape index (κ1) is 18.7. The molecule has 2 aromatic carbocycles. The van der Waals surface area contributed by atoms with E-state index in [1.165, 1.54) is 11.8 Å². The van der Waals surface area contributed by atoms with E-state index < -0.39 is 5.25 Å². The molecule has 0 radical (unpaired) electrons. The largest absolute Gasteiger partial charge is 0.411 e. The SMILES string of the molecule is Cc1cc(C)cc(-c2nnc(S[C@@H](C)C(=O)Nc3ccc(C#N)cc3)o2)c1. The highest BCUT2D eigenvalue weighted by molar-refractivity contribution is 8.00. The Hall–Kier alpha value is -3.11. The van der Waals surface area contributed by atoms with E-state index in [2.05, 4.69) is 21.6 Å². The van der Waals surface area contributed by atoms with Gasteiger partial charge < -0.3 is 9.73 Å². The zero-order valence-corrected chi connectivity index (χ0v) is 16.0. The molecule has 27 heavy (non-hydrogen) atoms. The Morgan fingerprint density at radius 2 is 1.81 bits per heavy atom. The van der Waals surface area contributed by atoms with Crippen LogP contribution in [-0.2, 0) is 4.79 Å². The van der Waals surface area contributed by atoms with E-state index in [4.69, 9.17) is 9.68 Å².